The minimum Gasteiger partial charge on any atom is -0.504 e. The Kier molecular flexibility index (Phi) is 6.99. The second-order valence-corrected chi connectivity index (χ2v) is 7.20. The van der Waals surface area contributed by atoms with E-state index in [0.29, 0.717) is 26.9 Å². The number of carbonyl (C=O) groups excluding carboxylic acids is 2. The van der Waals surface area contributed by atoms with E-state index in [-0.39, 0.29) is 11.5 Å². The van der Waals surface area contributed by atoms with Gasteiger partial charge < -0.3 is 15.2 Å². The quantitative estimate of drug-likeness (QED) is 0.357. The van der Waals surface area contributed by atoms with E-state index in [1.807, 2.05) is 0 Å². The number of methoxy groups -OCH3 is 1. The van der Waals surface area contributed by atoms with Crippen LogP contribution >= 0.6 is 15.9 Å². The molecule has 0 aliphatic heterocycles. The summed E-state index contributed by atoms with van der Waals surface area (Å²) in [6, 6.07) is 14.5. The van der Waals surface area contributed by atoms with Crippen LogP contribution in [0, 0.1) is 5.82 Å². The van der Waals surface area contributed by atoms with Crippen molar-refractivity contribution in [2.24, 2.45) is 5.10 Å². The molecule has 7 nitrogen and oxygen atoms in total. The summed E-state index contributed by atoms with van der Waals surface area (Å²) >= 11 is 3.30. The molecule has 0 saturated heterocycles. The number of carbonyl (C=O) groups is 2. The van der Waals surface area contributed by atoms with Crippen molar-refractivity contribution < 1.29 is 23.8 Å². The fourth-order valence-corrected chi connectivity index (χ4v) is 3.04. The second kappa shape index (κ2) is 9.86. The number of hydrogen-bond acceptors (Lipinski definition) is 5. The molecule has 0 aliphatic carbocycles. The molecule has 0 spiro atoms. The molecule has 0 atom stereocenters. The summed E-state index contributed by atoms with van der Waals surface area (Å²) in [7, 11) is 1.43. The van der Waals surface area contributed by atoms with Crippen molar-refractivity contribution in [2.75, 3.05) is 12.4 Å². The summed E-state index contributed by atoms with van der Waals surface area (Å²) in [6.07, 6.45) is 1.29. The minimum absolute atomic E-state index is 0.107. The molecule has 2 amide bonds. The molecule has 0 unspecified atom stereocenters. The van der Waals surface area contributed by atoms with Crippen molar-refractivity contribution in [2.45, 2.75) is 0 Å². The lowest BCUT2D eigenvalue weighted by atomic mass is 10.1. The van der Waals surface area contributed by atoms with Crippen LogP contribution in [0.25, 0.3) is 0 Å². The zero-order valence-corrected chi connectivity index (χ0v) is 17.8. The predicted molar refractivity (Wildman–Crippen MR) is 118 cm³/mol. The first kappa shape index (κ1) is 22.0. The lowest BCUT2D eigenvalue weighted by molar-refractivity contribution is 0.0954. The third-order valence-electron chi connectivity index (χ3n) is 4.17. The number of aromatic hydroxyl groups is 1. The van der Waals surface area contributed by atoms with Crippen molar-refractivity contribution in [3.63, 3.8) is 0 Å². The number of hydrazone groups is 1. The van der Waals surface area contributed by atoms with E-state index in [0.717, 1.165) is 0 Å². The first-order valence-corrected chi connectivity index (χ1v) is 9.73. The Balaban J connectivity index is 1.62. The normalized spacial score (nSPS) is 10.7. The van der Waals surface area contributed by atoms with Gasteiger partial charge in [-0.05, 0) is 60.7 Å². The monoisotopic (exact) mass is 485 g/mol. The Morgan fingerprint density at radius 1 is 1.03 bits per heavy atom. The fraction of sp³-hybridized carbons (Fsp3) is 0.0455. The number of nitrogens with one attached hydrogen (secondary N) is 2. The van der Waals surface area contributed by atoms with E-state index in [1.54, 1.807) is 24.3 Å². The van der Waals surface area contributed by atoms with Gasteiger partial charge in [0, 0.05) is 26.9 Å². The summed E-state index contributed by atoms with van der Waals surface area (Å²) in [4.78, 5) is 24.4. The van der Waals surface area contributed by atoms with Gasteiger partial charge in [0.2, 0.25) is 0 Å². The average molecular weight is 486 g/mol. The van der Waals surface area contributed by atoms with E-state index in [9.17, 15) is 19.1 Å². The standard InChI is InChI=1S/C22H17BrFN3O4/c1-31-19-11-16(23)10-15(20(19)28)12-25-27-22(30)14-4-8-18(9-5-14)26-21(29)13-2-6-17(24)7-3-13/h2-12,28H,1H3,(H,26,29)(H,27,30)/b25-12+. The van der Waals surface area contributed by atoms with Crippen LogP contribution in [0.15, 0.2) is 70.2 Å². The van der Waals surface area contributed by atoms with Gasteiger partial charge in [0.1, 0.15) is 5.82 Å². The van der Waals surface area contributed by atoms with Crippen molar-refractivity contribution in [3.8, 4) is 11.5 Å². The SMILES string of the molecule is COc1cc(Br)cc(/C=N/NC(=O)c2ccc(NC(=O)c3ccc(F)cc3)cc2)c1O. The number of phenols is 1. The van der Waals surface area contributed by atoms with E-state index >= 15 is 0 Å². The first-order valence-electron chi connectivity index (χ1n) is 8.94. The van der Waals surface area contributed by atoms with E-state index < -0.39 is 17.6 Å². The molecule has 0 aliphatic rings. The zero-order valence-electron chi connectivity index (χ0n) is 16.2. The summed E-state index contributed by atoms with van der Waals surface area (Å²) in [5, 5.41) is 16.6. The summed E-state index contributed by atoms with van der Waals surface area (Å²) in [5.41, 5.74) is 3.81. The number of benzene rings is 3. The maximum absolute atomic E-state index is 13.0. The fourth-order valence-electron chi connectivity index (χ4n) is 2.58. The number of rotatable bonds is 6. The number of halogens is 2. The van der Waals surface area contributed by atoms with Crippen LogP contribution in [0.4, 0.5) is 10.1 Å². The molecule has 31 heavy (non-hydrogen) atoms. The molecule has 0 fully saturated rings. The van der Waals surface area contributed by atoms with Gasteiger partial charge in [-0.2, -0.15) is 5.10 Å². The number of anilines is 1. The second-order valence-electron chi connectivity index (χ2n) is 6.28. The highest BCUT2D eigenvalue weighted by atomic mass is 79.9. The molecule has 0 heterocycles. The lowest BCUT2D eigenvalue weighted by Gasteiger charge is -2.07. The summed E-state index contributed by atoms with van der Waals surface area (Å²) in [5.74, 6) is -1.14. The van der Waals surface area contributed by atoms with Crippen LogP contribution in [0.5, 0.6) is 11.5 Å². The highest BCUT2D eigenvalue weighted by Gasteiger charge is 2.10. The number of amides is 2. The van der Waals surface area contributed by atoms with Crippen molar-refractivity contribution in [1.82, 2.24) is 5.43 Å². The molecular formula is C22H17BrFN3O4. The van der Waals surface area contributed by atoms with Crippen LogP contribution in [-0.2, 0) is 0 Å². The highest BCUT2D eigenvalue weighted by molar-refractivity contribution is 9.10. The van der Waals surface area contributed by atoms with Crippen molar-refractivity contribution >= 4 is 39.6 Å². The van der Waals surface area contributed by atoms with Crippen LogP contribution < -0.4 is 15.5 Å². The molecule has 3 N–H and O–H groups in total. The number of ether oxygens (including phenoxy) is 1. The molecular weight excluding hydrogens is 469 g/mol. The largest absolute Gasteiger partial charge is 0.504 e. The smallest absolute Gasteiger partial charge is 0.271 e. The van der Waals surface area contributed by atoms with Crippen molar-refractivity contribution in [1.29, 1.82) is 0 Å². The van der Waals surface area contributed by atoms with E-state index in [1.165, 1.54) is 49.7 Å². The first-order chi connectivity index (χ1) is 14.9. The van der Waals surface area contributed by atoms with Crippen LogP contribution in [0.1, 0.15) is 26.3 Å². The molecule has 3 aromatic rings. The maximum Gasteiger partial charge on any atom is 0.271 e. The molecule has 0 saturated carbocycles. The molecule has 3 rings (SSSR count). The number of phenolic OH excluding ortho intramolecular Hbond substituents is 1. The Labute approximate surface area is 185 Å². The summed E-state index contributed by atoms with van der Waals surface area (Å²) < 4.78 is 18.7. The molecule has 0 radical (unpaired) electrons. The molecule has 9 heteroatoms. The van der Waals surface area contributed by atoms with Gasteiger partial charge in [-0.25, -0.2) is 9.82 Å². The topological polar surface area (TPSA) is 100 Å². The number of hydrogen-bond donors (Lipinski definition) is 3. The molecule has 0 bridgehead atoms. The van der Waals surface area contributed by atoms with Gasteiger partial charge in [-0.15, -0.1) is 0 Å². The maximum atomic E-state index is 13.0. The summed E-state index contributed by atoms with van der Waals surface area (Å²) in [6.45, 7) is 0. The predicted octanol–water partition coefficient (Wildman–Crippen LogP) is 4.32. The third-order valence-corrected chi connectivity index (χ3v) is 4.63. The van der Waals surface area contributed by atoms with E-state index in [2.05, 4.69) is 31.8 Å². The van der Waals surface area contributed by atoms with E-state index in [4.69, 9.17) is 4.74 Å². The van der Waals surface area contributed by atoms with Gasteiger partial charge in [-0.3, -0.25) is 9.59 Å². The van der Waals surface area contributed by atoms with Gasteiger partial charge in [0.15, 0.2) is 11.5 Å². The Morgan fingerprint density at radius 3 is 2.29 bits per heavy atom. The average Bonchev–Trinajstić information content (AvgIpc) is 2.76. The van der Waals surface area contributed by atoms with Gasteiger partial charge in [-0.1, -0.05) is 15.9 Å². The zero-order chi connectivity index (χ0) is 22.4. The Bertz CT molecular complexity index is 1130. The Hall–Kier alpha value is -3.72. The molecule has 3 aromatic carbocycles. The van der Waals surface area contributed by atoms with Crippen molar-refractivity contribution in [3.05, 3.63) is 87.6 Å². The minimum atomic E-state index is -0.478. The van der Waals surface area contributed by atoms with Crippen LogP contribution in [-0.4, -0.2) is 30.2 Å². The molecule has 0 aromatic heterocycles. The van der Waals surface area contributed by atoms with Gasteiger partial charge >= 0.3 is 0 Å². The van der Waals surface area contributed by atoms with Gasteiger partial charge in [0.05, 0.1) is 13.3 Å². The lowest BCUT2D eigenvalue weighted by Crippen LogP contribution is -2.18. The number of nitrogens with zero attached hydrogens (tertiary/aromatic N) is 1. The molecule has 158 valence electrons. The highest BCUT2D eigenvalue weighted by Crippen LogP contribution is 2.32. The Morgan fingerprint density at radius 2 is 1.65 bits per heavy atom. The van der Waals surface area contributed by atoms with Crippen LogP contribution in [0.3, 0.4) is 0 Å². The van der Waals surface area contributed by atoms with Gasteiger partial charge in [0.25, 0.3) is 11.8 Å². The third kappa shape index (κ3) is 5.67. The van der Waals surface area contributed by atoms with Crippen LogP contribution in [0.2, 0.25) is 0 Å².